The van der Waals surface area contributed by atoms with Gasteiger partial charge >= 0.3 is 0 Å². The highest BCUT2D eigenvalue weighted by Crippen LogP contribution is 2.30. The lowest BCUT2D eigenvalue weighted by Gasteiger charge is -2.15. The Kier molecular flexibility index (Phi) is 3.22. The molecule has 1 aromatic heterocycles. The molecule has 0 spiro atoms. The summed E-state index contributed by atoms with van der Waals surface area (Å²) in [7, 11) is 0. The van der Waals surface area contributed by atoms with Crippen molar-refractivity contribution >= 4 is 5.78 Å². The quantitative estimate of drug-likeness (QED) is 0.916. The molecule has 1 N–H and O–H groups in total. The molecule has 2 aromatic rings. The fourth-order valence-corrected chi connectivity index (χ4v) is 2.86. The number of hydrogen-bond acceptors (Lipinski definition) is 2. The first kappa shape index (κ1) is 12.2. The number of aryl methyl sites for hydroxylation is 1. The summed E-state index contributed by atoms with van der Waals surface area (Å²) in [6.45, 7) is 0.527. The van der Waals surface area contributed by atoms with Gasteiger partial charge in [0.05, 0.1) is 12.3 Å². The second-order valence-electron chi connectivity index (χ2n) is 4.92. The van der Waals surface area contributed by atoms with E-state index in [1.54, 1.807) is 0 Å². The van der Waals surface area contributed by atoms with Gasteiger partial charge in [-0.2, -0.15) is 0 Å². The lowest BCUT2D eigenvalue weighted by Crippen LogP contribution is -2.17. The van der Waals surface area contributed by atoms with E-state index in [1.165, 1.54) is 0 Å². The summed E-state index contributed by atoms with van der Waals surface area (Å²) in [5, 5.41) is 9.27. The molecule has 0 unspecified atom stereocenters. The molecule has 0 saturated carbocycles. The van der Waals surface area contributed by atoms with E-state index in [2.05, 4.69) is 6.07 Å². The smallest absolute Gasteiger partial charge is 0.179 e. The first-order valence-electron chi connectivity index (χ1n) is 6.73. The minimum absolute atomic E-state index is 0.0498. The molecule has 0 aliphatic heterocycles. The molecule has 0 fully saturated rings. The molecule has 0 radical (unpaired) electrons. The van der Waals surface area contributed by atoms with E-state index in [4.69, 9.17) is 0 Å². The molecule has 3 rings (SSSR count). The number of benzene rings is 1. The van der Waals surface area contributed by atoms with Crippen molar-refractivity contribution < 1.29 is 9.90 Å². The number of aliphatic hydroxyl groups excluding tert-OH is 1. The Balaban J connectivity index is 2.17. The molecule has 19 heavy (non-hydrogen) atoms. The topological polar surface area (TPSA) is 42.2 Å². The Hall–Kier alpha value is -1.87. The Morgan fingerprint density at radius 2 is 1.95 bits per heavy atom. The number of hydrogen-bond donors (Lipinski definition) is 1. The molecule has 0 atom stereocenters. The summed E-state index contributed by atoms with van der Waals surface area (Å²) < 4.78 is 1.98. The van der Waals surface area contributed by atoms with Gasteiger partial charge in [-0.25, -0.2) is 0 Å². The van der Waals surface area contributed by atoms with Crippen molar-refractivity contribution in [1.82, 2.24) is 4.57 Å². The van der Waals surface area contributed by atoms with Crippen LogP contribution in [-0.4, -0.2) is 22.1 Å². The molecule has 0 saturated heterocycles. The largest absolute Gasteiger partial charge is 0.395 e. The number of ketones is 1. The van der Waals surface area contributed by atoms with Gasteiger partial charge in [0.2, 0.25) is 0 Å². The Bertz CT molecular complexity index is 599. The lowest BCUT2D eigenvalue weighted by atomic mass is 9.97. The van der Waals surface area contributed by atoms with Gasteiger partial charge in [-0.3, -0.25) is 4.79 Å². The molecular formula is C16H17NO2. The zero-order valence-electron chi connectivity index (χ0n) is 10.8. The van der Waals surface area contributed by atoms with Crippen LogP contribution in [0.4, 0.5) is 0 Å². The van der Waals surface area contributed by atoms with Crippen LogP contribution >= 0.6 is 0 Å². The molecule has 3 nitrogen and oxygen atoms in total. The van der Waals surface area contributed by atoms with Crippen molar-refractivity contribution in [2.24, 2.45) is 0 Å². The van der Waals surface area contributed by atoms with Gasteiger partial charge in [-0.1, -0.05) is 30.3 Å². The van der Waals surface area contributed by atoms with Gasteiger partial charge in [0.1, 0.15) is 0 Å². The second-order valence-corrected chi connectivity index (χ2v) is 4.92. The predicted octanol–water partition coefficient (Wildman–Crippen LogP) is 2.67. The summed E-state index contributed by atoms with van der Waals surface area (Å²) in [6, 6.07) is 12.2. The zero-order valence-corrected chi connectivity index (χ0v) is 10.8. The van der Waals surface area contributed by atoms with E-state index in [9.17, 15) is 9.90 Å². The SMILES string of the molecule is O=C1CCCc2cc(-c3ccccc3)n(CCO)c21. The third kappa shape index (κ3) is 2.10. The third-order valence-electron chi connectivity index (χ3n) is 3.68. The van der Waals surface area contributed by atoms with Gasteiger partial charge in [-0.05, 0) is 30.0 Å². The Morgan fingerprint density at radius 1 is 1.16 bits per heavy atom. The average molecular weight is 255 g/mol. The van der Waals surface area contributed by atoms with E-state index in [-0.39, 0.29) is 12.4 Å². The van der Waals surface area contributed by atoms with Crippen LogP contribution in [-0.2, 0) is 13.0 Å². The predicted molar refractivity (Wildman–Crippen MR) is 74.2 cm³/mol. The number of carbonyl (C=O) groups is 1. The van der Waals surface area contributed by atoms with Crippen molar-refractivity contribution in [1.29, 1.82) is 0 Å². The highest BCUT2D eigenvalue weighted by molar-refractivity contribution is 5.98. The van der Waals surface area contributed by atoms with Crippen molar-refractivity contribution in [2.45, 2.75) is 25.8 Å². The van der Waals surface area contributed by atoms with Crippen molar-refractivity contribution in [3.63, 3.8) is 0 Å². The Morgan fingerprint density at radius 3 is 2.68 bits per heavy atom. The van der Waals surface area contributed by atoms with E-state index in [0.717, 1.165) is 35.4 Å². The fraction of sp³-hybridized carbons (Fsp3) is 0.312. The number of carbonyl (C=O) groups excluding carboxylic acids is 1. The van der Waals surface area contributed by atoms with Crippen LogP contribution < -0.4 is 0 Å². The van der Waals surface area contributed by atoms with Crippen LogP contribution in [0.15, 0.2) is 36.4 Å². The van der Waals surface area contributed by atoms with Crippen LogP contribution in [0.3, 0.4) is 0 Å². The second kappa shape index (κ2) is 5.02. The maximum atomic E-state index is 12.1. The highest BCUT2D eigenvalue weighted by Gasteiger charge is 2.24. The number of Topliss-reactive ketones (excluding diaryl/α,β-unsaturated/α-hetero) is 1. The number of aliphatic hydroxyl groups is 1. The molecule has 1 aliphatic rings. The van der Waals surface area contributed by atoms with Crippen LogP contribution in [0.25, 0.3) is 11.3 Å². The van der Waals surface area contributed by atoms with Crippen LogP contribution in [0.1, 0.15) is 28.9 Å². The van der Waals surface area contributed by atoms with Gasteiger partial charge < -0.3 is 9.67 Å². The standard InChI is InChI=1S/C16H17NO2/c18-10-9-17-14(12-5-2-1-3-6-12)11-13-7-4-8-15(19)16(13)17/h1-3,5-6,11,18H,4,7-10H2. The van der Waals surface area contributed by atoms with E-state index in [1.807, 2.05) is 34.9 Å². The zero-order chi connectivity index (χ0) is 13.2. The van der Waals surface area contributed by atoms with Gasteiger partial charge in [0.25, 0.3) is 0 Å². The maximum absolute atomic E-state index is 12.1. The number of fused-ring (bicyclic) bond motifs is 1. The van der Waals surface area contributed by atoms with Crippen LogP contribution in [0.5, 0.6) is 0 Å². The summed E-state index contributed by atoms with van der Waals surface area (Å²) in [5.74, 6) is 0.205. The Labute approximate surface area is 112 Å². The van der Waals surface area contributed by atoms with E-state index < -0.39 is 0 Å². The van der Waals surface area contributed by atoms with Crippen LogP contribution in [0, 0.1) is 0 Å². The maximum Gasteiger partial charge on any atom is 0.179 e. The number of nitrogens with zero attached hydrogens (tertiary/aromatic N) is 1. The molecule has 1 aliphatic carbocycles. The minimum atomic E-state index is 0.0498. The third-order valence-corrected chi connectivity index (χ3v) is 3.68. The van der Waals surface area contributed by atoms with Crippen molar-refractivity contribution in [2.75, 3.05) is 6.61 Å². The summed E-state index contributed by atoms with van der Waals surface area (Å²) in [6.07, 6.45) is 2.51. The van der Waals surface area contributed by atoms with E-state index in [0.29, 0.717) is 13.0 Å². The average Bonchev–Trinajstić information content (AvgIpc) is 2.81. The molecule has 98 valence electrons. The number of aromatic nitrogens is 1. The lowest BCUT2D eigenvalue weighted by molar-refractivity contribution is 0.0962. The molecule has 0 bridgehead atoms. The van der Waals surface area contributed by atoms with E-state index >= 15 is 0 Å². The summed E-state index contributed by atoms with van der Waals surface area (Å²) in [5.41, 5.74) is 4.07. The normalized spacial score (nSPS) is 14.5. The highest BCUT2D eigenvalue weighted by atomic mass is 16.3. The molecule has 1 aromatic carbocycles. The fourth-order valence-electron chi connectivity index (χ4n) is 2.86. The van der Waals surface area contributed by atoms with Crippen LogP contribution in [0.2, 0.25) is 0 Å². The summed E-state index contributed by atoms with van der Waals surface area (Å²) in [4.78, 5) is 12.1. The molecule has 1 heterocycles. The monoisotopic (exact) mass is 255 g/mol. The van der Waals surface area contributed by atoms with Gasteiger partial charge in [0, 0.05) is 18.7 Å². The first-order chi connectivity index (χ1) is 9.31. The van der Waals surface area contributed by atoms with Crippen molar-refractivity contribution in [3.05, 3.63) is 47.7 Å². The minimum Gasteiger partial charge on any atom is -0.395 e. The van der Waals surface area contributed by atoms with Crippen molar-refractivity contribution in [3.8, 4) is 11.3 Å². The molecule has 0 amide bonds. The summed E-state index contributed by atoms with van der Waals surface area (Å²) >= 11 is 0. The molecular weight excluding hydrogens is 238 g/mol. The van der Waals surface area contributed by atoms with Gasteiger partial charge in [0.15, 0.2) is 5.78 Å². The number of rotatable bonds is 3. The first-order valence-corrected chi connectivity index (χ1v) is 6.73. The molecule has 3 heteroatoms. The van der Waals surface area contributed by atoms with Gasteiger partial charge in [-0.15, -0.1) is 0 Å².